The van der Waals surface area contributed by atoms with Gasteiger partial charge in [-0.3, -0.25) is 0 Å². The van der Waals surface area contributed by atoms with Crippen molar-refractivity contribution in [2.45, 2.75) is 19.8 Å². The largest absolute Gasteiger partial charge is 0.493 e. The Labute approximate surface area is 147 Å². The first-order chi connectivity index (χ1) is 12.1. The number of aryl methyl sites for hydroxylation is 1. The van der Waals surface area contributed by atoms with Gasteiger partial charge in [0.25, 0.3) is 0 Å². The molecule has 1 aromatic carbocycles. The molecule has 134 valence electrons. The van der Waals surface area contributed by atoms with Crippen molar-refractivity contribution in [1.82, 2.24) is 9.97 Å². The first-order valence-corrected chi connectivity index (χ1v) is 8.32. The van der Waals surface area contributed by atoms with Crippen LogP contribution in [0.25, 0.3) is 0 Å². The Morgan fingerprint density at radius 3 is 2.12 bits per heavy atom. The number of rotatable bonds is 6. The second-order valence-corrected chi connectivity index (χ2v) is 5.93. The molecule has 0 aliphatic carbocycles. The monoisotopic (exact) mass is 344 g/mol. The highest BCUT2D eigenvalue weighted by Gasteiger charge is 2.17. The van der Waals surface area contributed by atoms with E-state index in [1.165, 1.54) is 12.8 Å². The van der Waals surface area contributed by atoms with E-state index < -0.39 is 0 Å². The van der Waals surface area contributed by atoms with Crippen molar-refractivity contribution in [1.29, 1.82) is 0 Å². The fraction of sp³-hybridized carbons (Fsp3) is 0.444. The quantitative estimate of drug-likeness (QED) is 0.863. The summed E-state index contributed by atoms with van der Waals surface area (Å²) in [4.78, 5) is 11.4. The van der Waals surface area contributed by atoms with Crippen LogP contribution in [0.3, 0.4) is 0 Å². The van der Waals surface area contributed by atoms with Gasteiger partial charge >= 0.3 is 0 Å². The summed E-state index contributed by atoms with van der Waals surface area (Å²) < 4.78 is 16.2. The van der Waals surface area contributed by atoms with Crippen LogP contribution in [0.5, 0.6) is 17.2 Å². The highest BCUT2D eigenvalue weighted by Crippen LogP contribution is 2.40. The molecule has 0 saturated carbocycles. The van der Waals surface area contributed by atoms with Gasteiger partial charge in [-0.1, -0.05) is 0 Å². The molecule has 2 aromatic rings. The fourth-order valence-corrected chi connectivity index (χ4v) is 2.98. The Hall–Kier alpha value is -2.70. The summed E-state index contributed by atoms with van der Waals surface area (Å²) in [5.41, 5.74) is 1.73. The Morgan fingerprint density at radius 2 is 1.56 bits per heavy atom. The van der Waals surface area contributed by atoms with Crippen LogP contribution in [-0.4, -0.2) is 44.4 Å². The Kier molecular flexibility index (Phi) is 5.11. The van der Waals surface area contributed by atoms with E-state index in [9.17, 15) is 0 Å². The summed E-state index contributed by atoms with van der Waals surface area (Å²) in [6.07, 6.45) is 2.37. The average molecular weight is 344 g/mol. The average Bonchev–Trinajstić information content (AvgIpc) is 3.15. The van der Waals surface area contributed by atoms with Crippen LogP contribution in [0, 0.1) is 6.92 Å². The molecular formula is C18H24N4O3. The molecule has 0 bridgehead atoms. The van der Waals surface area contributed by atoms with Gasteiger partial charge in [-0.05, 0) is 19.8 Å². The molecule has 0 radical (unpaired) electrons. The Balaban J connectivity index is 1.91. The van der Waals surface area contributed by atoms with Crippen LogP contribution >= 0.6 is 0 Å². The number of anilines is 3. The van der Waals surface area contributed by atoms with Crippen molar-refractivity contribution < 1.29 is 14.2 Å². The maximum Gasteiger partial charge on any atom is 0.227 e. The van der Waals surface area contributed by atoms with Gasteiger partial charge in [-0.15, -0.1) is 0 Å². The number of benzene rings is 1. The van der Waals surface area contributed by atoms with E-state index in [1.807, 2.05) is 25.1 Å². The van der Waals surface area contributed by atoms with Gasteiger partial charge in [0, 0.05) is 42.7 Å². The van der Waals surface area contributed by atoms with Gasteiger partial charge in [0.2, 0.25) is 11.7 Å². The van der Waals surface area contributed by atoms with Crippen molar-refractivity contribution in [2.24, 2.45) is 0 Å². The van der Waals surface area contributed by atoms with Crippen LogP contribution < -0.4 is 24.4 Å². The first-order valence-electron chi connectivity index (χ1n) is 8.32. The van der Waals surface area contributed by atoms with Crippen LogP contribution in [-0.2, 0) is 0 Å². The summed E-state index contributed by atoms with van der Waals surface area (Å²) in [5.74, 6) is 3.26. The van der Waals surface area contributed by atoms with Crippen molar-refractivity contribution in [3.05, 3.63) is 23.9 Å². The van der Waals surface area contributed by atoms with Crippen LogP contribution in [0.1, 0.15) is 18.5 Å². The zero-order valence-electron chi connectivity index (χ0n) is 15.1. The third-order valence-corrected chi connectivity index (χ3v) is 4.17. The van der Waals surface area contributed by atoms with E-state index in [1.54, 1.807) is 21.3 Å². The summed E-state index contributed by atoms with van der Waals surface area (Å²) in [6, 6.07) is 5.63. The van der Waals surface area contributed by atoms with Crippen molar-refractivity contribution in [3.8, 4) is 17.2 Å². The van der Waals surface area contributed by atoms with Gasteiger partial charge in [-0.2, -0.15) is 4.98 Å². The zero-order valence-corrected chi connectivity index (χ0v) is 15.1. The van der Waals surface area contributed by atoms with Crippen LogP contribution in [0.2, 0.25) is 0 Å². The number of nitrogens with one attached hydrogen (secondary N) is 1. The molecule has 0 amide bonds. The van der Waals surface area contributed by atoms with Crippen molar-refractivity contribution >= 4 is 17.5 Å². The minimum Gasteiger partial charge on any atom is -0.493 e. The molecule has 2 heterocycles. The summed E-state index contributed by atoms with van der Waals surface area (Å²) in [7, 11) is 4.78. The number of aromatic nitrogens is 2. The SMILES string of the molecule is COc1cc(Nc2cc(C)nc(N3CCCC3)n2)cc(OC)c1OC. The molecular weight excluding hydrogens is 320 g/mol. The van der Waals surface area contributed by atoms with E-state index in [2.05, 4.69) is 20.2 Å². The van der Waals surface area contributed by atoms with E-state index in [-0.39, 0.29) is 0 Å². The van der Waals surface area contributed by atoms with Gasteiger partial charge < -0.3 is 24.4 Å². The van der Waals surface area contributed by atoms with E-state index >= 15 is 0 Å². The number of hydrogen-bond donors (Lipinski definition) is 1. The highest BCUT2D eigenvalue weighted by atomic mass is 16.5. The number of hydrogen-bond acceptors (Lipinski definition) is 7. The second kappa shape index (κ2) is 7.46. The fourth-order valence-electron chi connectivity index (χ4n) is 2.98. The molecule has 1 aliphatic rings. The van der Waals surface area contributed by atoms with Gasteiger partial charge in [0.05, 0.1) is 21.3 Å². The predicted octanol–water partition coefficient (Wildman–Crippen LogP) is 3.15. The zero-order chi connectivity index (χ0) is 17.8. The third kappa shape index (κ3) is 3.70. The lowest BCUT2D eigenvalue weighted by atomic mass is 10.2. The third-order valence-electron chi connectivity index (χ3n) is 4.17. The second-order valence-electron chi connectivity index (χ2n) is 5.93. The molecule has 1 aromatic heterocycles. The summed E-state index contributed by atoms with van der Waals surface area (Å²) in [6.45, 7) is 3.99. The molecule has 1 aliphatic heterocycles. The number of methoxy groups -OCH3 is 3. The van der Waals surface area contributed by atoms with Crippen molar-refractivity contribution in [2.75, 3.05) is 44.6 Å². The molecule has 25 heavy (non-hydrogen) atoms. The summed E-state index contributed by atoms with van der Waals surface area (Å²) >= 11 is 0. The normalized spacial score (nSPS) is 13.7. The number of nitrogens with zero attached hydrogens (tertiary/aromatic N) is 3. The Bertz CT molecular complexity index is 720. The summed E-state index contributed by atoms with van der Waals surface area (Å²) in [5, 5.41) is 3.32. The highest BCUT2D eigenvalue weighted by molar-refractivity contribution is 5.67. The molecule has 3 rings (SSSR count). The van der Waals surface area contributed by atoms with Gasteiger partial charge in [0.1, 0.15) is 5.82 Å². The lowest BCUT2D eigenvalue weighted by molar-refractivity contribution is 0.324. The molecule has 1 saturated heterocycles. The smallest absolute Gasteiger partial charge is 0.227 e. The predicted molar refractivity (Wildman–Crippen MR) is 97.6 cm³/mol. The standard InChI is InChI=1S/C18H24N4O3/c1-12-9-16(21-18(19-12)22-7-5-6-8-22)20-13-10-14(23-2)17(25-4)15(11-13)24-3/h9-11H,5-8H2,1-4H3,(H,19,20,21). The van der Waals surface area contributed by atoms with E-state index in [0.29, 0.717) is 17.2 Å². The van der Waals surface area contributed by atoms with E-state index in [4.69, 9.17) is 14.2 Å². The molecule has 0 spiro atoms. The minimum atomic E-state index is 0.562. The molecule has 0 unspecified atom stereocenters. The number of ether oxygens (including phenoxy) is 3. The Morgan fingerprint density at radius 1 is 0.920 bits per heavy atom. The molecule has 0 atom stereocenters. The van der Waals surface area contributed by atoms with Crippen LogP contribution in [0.4, 0.5) is 17.5 Å². The molecule has 1 fully saturated rings. The first kappa shape index (κ1) is 17.1. The lowest BCUT2D eigenvalue weighted by Crippen LogP contribution is -2.21. The minimum absolute atomic E-state index is 0.562. The lowest BCUT2D eigenvalue weighted by Gasteiger charge is -2.18. The maximum atomic E-state index is 5.40. The van der Waals surface area contributed by atoms with Gasteiger partial charge in [0.15, 0.2) is 11.5 Å². The topological polar surface area (TPSA) is 68.7 Å². The molecule has 7 heteroatoms. The van der Waals surface area contributed by atoms with E-state index in [0.717, 1.165) is 36.2 Å². The maximum absolute atomic E-state index is 5.40. The van der Waals surface area contributed by atoms with Gasteiger partial charge in [-0.25, -0.2) is 4.98 Å². The molecule has 1 N–H and O–H groups in total. The van der Waals surface area contributed by atoms with Crippen LogP contribution in [0.15, 0.2) is 18.2 Å². The molecule has 7 nitrogen and oxygen atoms in total. The van der Waals surface area contributed by atoms with Crippen molar-refractivity contribution in [3.63, 3.8) is 0 Å².